The minimum Gasteiger partial charge on any atom is -0.463 e. The molecule has 5 unspecified atom stereocenters. The largest absolute Gasteiger partial charge is 0.472 e. The molecule has 0 amide bonds. The summed E-state index contributed by atoms with van der Waals surface area (Å²) in [6.07, 6.45) is 86.9. The second kappa shape index (κ2) is 73.7. The minimum atomic E-state index is -4.94. The smallest absolute Gasteiger partial charge is 0.463 e. The fourth-order valence-electron chi connectivity index (χ4n) is 10.2. The van der Waals surface area contributed by atoms with Gasteiger partial charge < -0.3 is 34.2 Å². The Hall–Kier alpha value is -4.05. The van der Waals surface area contributed by atoms with E-state index in [0.717, 1.165) is 135 Å². The van der Waals surface area contributed by atoms with E-state index < -0.39 is 91.5 Å². The van der Waals surface area contributed by atoms with Gasteiger partial charge in [-0.05, 0) is 135 Å². The van der Waals surface area contributed by atoms with E-state index in [-0.39, 0.29) is 19.3 Å². The van der Waals surface area contributed by atoms with E-state index in [1.54, 1.807) is 0 Å². The number of hydrogen-bond donors (Lipinski definition) is 4. The van der Waals surface area contributed by atoms with Gasteiger partial charge in [-0.2, -0.15) is 0 Å². The first-order valence-electron chi connectivity index (χ1n) is 38.8. The summed E-state index contributed by atoms with van der Waals surface area (Å²) in [7, 11) is -9.80. The second-order valence-corrected chi connectivity index (χ2v) is 28.7. The molecule has 0 saturated carbocycles. The number of unbranched alkanes of at least 4 members (excludes halogenated alkanes) is 30. The summed E-state index contributed by atoms with van der Waals surface area (Å²) in [5.74, 6) is -1.62. The van der Waals surface area contributed by atoms with Gasteiger partial charge >= 0.3 is 33.6 Å². The SMILES string of the molecule is CC/C=C\C/C=C\C/C=C\C/C=C\CCCCCCC(=O)OCC(COP(=O)(O)OCC(O)COP(=O)(O)OCC(O)COC(=O)CCCCCCCCCCCCCCCCC/C=C\C/C=C\C/C=C\C/C=C\CCCCC)OC(=O)CCCCCCC/C=C\C/C=C\CCCCC. The summed E-state index contributed by atoms with van der Waals surface area (Å²) in [6, 6.07) is 0. The highest BCUT2D eigenvalue weighted by Gasteiger charge is 2.29. The molecule has 0 spiro atoms. The number of phosphoric ester groups is 2. The van der Waals surface area contributed by atoms with Crippen LogP contribution in [0.25, 0.3) is 0 Å². The topological polar surface area (TPSA) is 231 Å². The van der Waals surface area contributed by atoms with Crippen molar-refractivity contribution in [1.29, 1.82) is 0 Å². The number of rotatable bonds is 73. The normalized spacial score (nSPS) is 14.7. The van der Waals surface area contributed by atoms with Crippen LogP contribution < -0.4 is 0 Å². The monoisotopic (exact) mass is 1430 g/mol. The molecule has 0 heterocycles. The van der Waals surface area contributed by atoms with Crippen LogP contribution in [0.3, 0.4) is 0 Å². The first kappa shape index (κ1) is 94.9. The van der Waals surface area contributed by atoms with Gasteiger partial charge in [-0.1, -0.05) is 284 Å². The highest BCUT2D eigenvalue weighted by molar-refractivity contribution is 7.47. The van der Waals surface area contributed by atoms with Crippen LogP contribution in [0.5, 0.6) is 0 Å². The van der Waals surface area contributed by atoms with Gasteiger partial charge in [0, 0.05) is 19.3 Å². The number of ether oxygens (including phenoxy) is 3. The average molecular weight is 1430 g/mol. The molecule has 0 rings (SSSR count). The second-order valence-electron chi connectivity index (χ2n) is 25.8. The van der Waals surface area contributed by atoms with Crippen molar-refractivity contribution in [3.8, 4) is 0 Å². The van der Waals surface area contributed by atoms with Gasteiger partial charge in [0.05, 0.1) is 26.4 Å². The summed E-state index contributed by atoms with van der Waals surface area (Å²) < 4.78 is 61.0. The lowest BCUT2D eigenvalue weighted by Gasteiger charge is -2.21. The van der Waals surface area contributed by atoms with E-state index >= 15 is 0 Å². The van der Waals surface area contributed by atoms with Gasteiger partial charge in [-0.25, -0.2) is 9.13 Å². The predicted molar refractivity (Wildman–Crippen MR) is 408 cm³/mol. The van der Waals surface area contributed by atoms with E-state index in [9.17, 15) is 43.5 Å². The van der Waals surface area contributed by atoms with E-state index in [1.807, 2.05) is 0 Å². The van der Waals surface area contributed by atoms with Crippen LogP contribution in [-0.2, 0) is 55.8 Å². The molecule has 0 aromatic rings. The first-order chi connectivity index (χ1) is 48.2. The number of carbonyl (C=O) groups is 3. The van der Waals surface area contributed by atoms with Crippen LogP contribution in [0.1, 0.15) is 316 Å². The Bertz CT molecular complexity index is 2290. The van der Waals surface area contributed by atoms with Crippen LogP contribution in [0.15, 0.2) is 122 Å². The maximum Gasteiger partial charge on any atom is 0.472 e. The fraction of sp³-hybridized carbons (Fsp3) is 0.716. The molecule has 0 radical (unpaired) electrons. The number of carbonyl (C=O) groups excluding carboxylic acids is 3. The van der Waals surface area contributed by atoms with Gasteiger partial charge in [0.2, 0.25) is 0 Å². The van der Waals surface area contributed by atoms with Gasteiger partial charge in [-0.3, -0.25) is 32.5 Å². The van der Waals surface area contributed by atoms with Crippen LogP contribution in [0.4, 0.5) is 0 Å². The van der Waals surface area contributed by atoms with E-state index in [1.165, 1.54) is 122 Å². The molecule has 0 bridgehead atoms. The van der Waals surface area contributed by atoms with E-state index in [0.29, 0.717) is 19.3 Å². The molecular formula is C81H140O16P2. The molecule has 0 saturated heterocycles. The van der Waals surface area contributed by atoms with Crippen molar-refractivity contribution in [1.82, 2.24) is 0 Å². The lowest BCUT2D eigenvalue weighted by Crippen LogP contribution is -2.30. The Morgan fingerprint density at radius 2 is 0.535 bits per heavy atom. The zero-order valence-electron chi connectivity index (χ0n) is 62.1. The highest BCUT2D eigenvalue weighted by atomic mass is 31.2. The van der Waals surface area contributed by atoms with Crippen LogP contribution in [0, 0.1) is 0 Å². The van der Waals surface area contributed by atoms with Crippen molar-refractivity contribution in [2.75, 3.05) is 39.6 Å². The third kappa shape index (κ3) is 74.9. The van der Waals surface area contributed by atoms with Gasteiger partial charge in [0.15, 0.2) is 6.10 Å². The summed E-state index contributed by atoms with van der Waals surface area (Å²) in [5.41, 5.74) is 0. The number of phosphoric acid groups is 2. The lowest BCUT2D eigenvalue weighted by atomic mass is 10.0. The standard InChI is InChI=1S/C81H140O16P2/c1-4-7-10-13-16-19-22-25-28-30-31-32-33-34-35-36-37-38-39-40-41-42-43-45-48-49-52-55-58-61-64-67-79(84)91-70-76(82)71-93-98(87,88)94-72-77(83)73-95-99(89,90)96-75-78(97-81(86)69-66-63-60-57-54-51-46-27-24-21-18-15-12-9-6-3)74-92-80(85)68-65-62-59-56-53-50-47-44-29-26-23-20-17-14-11-8-5-2/h8,11,16-21,25-29,31-32,34-35,46-47,50,76-78,82-83H,4-7,9-10,12-15,22-24,30,33,36-45,48-49,51-75H2,1-3H3,(H,87,88)(H,89,90)/b11-8-,19-16-,20-17-,21-18-,28-25-,29-26-,32-31-,35-34-,46-27-,50-47-. The Morgan fingerprint density at radius 3 is 0.848 bits per heavy atom. The van der Waals surface area contributed by atoms with Crippen molar-refractivity contribution in [3.63, 3.8) is 0 Å². The van der Waals surface area contributed by atoms with E-state index in [4.69, 9.17) is 32.3 Å². The third-order valence-electron chi connectivity index (χ3n) is 16.1. The predicted octanol–water partition coefficient (Wildman–Crippen LogP) is 22.5. The number of aliphatic hydroxyl groups is 2. The first-order valence-corrected chi connectivity index (χ1v) is 41.8. The Labute approximate surface area is 602 Å². The van der Waals surface area contributed by atoms with Gasteiger partial charge in [0.25, 0.3) is 0 Å². The van der Waals surface area contributed by atoms with Crippen molar-refractivity contribution in [2.45, 2.75) is 334 Å². The molecule has 0 aromatic carbocycles. The number of aliphatic hydroxyl groups excluding tert-OH is 2. The summed E-state index contributed by atoms with van der Waals surface area (Å²) in [4.78, 5) is 58.5. The van der Waals surface area contributed by atoms with Crippen LogP contribution in [0.2, 0.25) is 0 Å². The summed E-state index contributed by atoms with van der Waals surface area (Å²) in [6.45, 7) is 2.47. The number of hydrogen-bond acceptors (Lipinski definition) is 14. The molecule has 0 aliphatic carbocycles. The number of esters is 3. The Balaban J connectivity index is 4.48. The molecule has 5 atom stereocenters. The van der Waals surface area contributed by atoms with Gasteiger partial charge in [0.1, 0.15) is 25.4 Å². The Kier molecular flexibility index (Phi) is 70.7. The Morgan fingerprint density at radius 1 is 0.293 bits per heavy atom. The van der Waals surface area contributed by atoms with Crippen molar-refractivity contribution < 1.29 is 75.8 Å². The molecule has 0 aliphatic rings. The molecular weight excluding hydrogens is 1290 g/mol. The summed E-state index contributed by atoms with van der Waals surface area (Å²) in [5, 5.41) is 20.6. The zero-order valence-corrected chi connectivity index (χ0v) is 63.9. The minimum absolute atomic E-state index is 0.0810. The fourth-order valence-corrected chi connectivity index (χ4v) is 11.8. The molecule has 99 heavy (non-hydrogen) atoms. The molecule has 18 heteroatoms. The molecule has 16 nitrogen and oxygen atoms in total. The maximum atomic E-state index is 12.9. The molecule has 0 aliphatic heterocycles. The highest BCUT2D eigenvalue weighted by Crippen LogP contribution is 2.45. The quantitative estimate of drug-likeness (QED) is 0.0146. The third-order valence-corrected chi connectivity index (χ3v) is 18.0. The van der Waals surface area contributed by atoms with E-state index in [2.05, 4.69) is 142 Å². The summed E-state index contributed by atoms with van der Waals surface area (Å²) >= 11 is 0. The number of allylic oxidation sites excluding steroid dienone is 20. The van der Waals surface area contributed by atoms with Crippen molar-refractivity contribution in [2.24, 2.45) is 0 Å². The lowest BCUT2D eigenvalue weighted by molar-refractivity contribution is -0.161. The van der Waals surface area contributed by atoms with Gasteiger partial charge in [-0.15, -0.1) is 0 Å². The maximum absolute atomic E-state index is 12.9. The van der Waals surface area contributed by atoms with Crippen molar-refractivity contribution >= 4 is 33.6 Å². The van der Waals surface area contributed by atoms with Crippen molar-refractivity contribution in [3.05, 3.63) is 122 Å². The van der Waals surface area contributed by atoms with Crippen LogP contribution in [-0.4, -0.2) is 95.9 Å². The molecule has 570 valence electrons. The van der Waals surface area contributed by atoms with Crippen LogP contribution >= 0.6 is 15.6 Å². The molecule has 0 aromatic heterocycles. The zero-order chi connectivity index (χ0) is 72.3. The molecule has 0 fully saturated rings. The average Bonchev–Trinajstić information content (AvgIpc) is 1.11. The molecule has 4 N–H and O–H groups in total.